The van der Waals surface area contributed by atoms with Gasteiger partial charge in [0.05, 0.1) is 0 Å². The molecular formula is C13H22N2. The summed E-state index contributed by atoms with van der Waals surface area (Å²) in [7, 11) is 0. The molecule has 1 aromatic heterocycles. The number of nitrogens with zero attached hydrogens (tertiary/aromatic N) is 1. The fourth-order valence-electron chi connectivity index (χ4n) is 1.59. The molecule has 0 saturated heterocycles. The second-order valence-electron chi connectivity index (χ2n) is 4.20. The highest BCUT2D eigenvalue weighted by Crippen LogP contribution is 2.07. The summed E-state index contributed by atoms with van der Waals surface area (Å²) in [4.78, 5) is 4.02. The standard InChI is InChI=1S/C13H22N2/c1-3-8-15-11-12(2)4-5-13-6-9-14-10-7-13/h6-7,9-10,12,15H,3-5,8,11H2,1-2H3. The van der Waals surface area contributed by atoms with Crippen molar-refractivity contribution in [2.24, 2.45) is 5.92 Å². The summed E-state index contributed by atoms with van der Waals surface area (Å²) in [5.74, 6) is 0.754. The third-order valence-electron chi connectivity index (χ3n) is 2.59. The molecule has 1 rings (SSSR count). The van der Waals surface area contributed by atoms with Gasteiger partial charge in [0.2, 0.25) is 0 Å². The molecule has 1 aromatic rings. The molecule has 1 unspecified atom stereocenters. The van der Waals surface area contributed by atoms with Crippen LogP contribution in [0.15, 0.2) is 24.5 Å². The number of aryl methyl sites for hydroxylation is 1. The first kappa shape index (κ1) is 12.2. The number of hydrogen-bond acceptors (Lipinski definition) is 2. The number of rotatable bonds is 7. The summed E-state index contributed by atoms with van der Waals surface area (Å²) >= 11 is 0. The molecule has 0 aliphatic heterocycles. The molecule has 0 radical (unpaired) electrons. The Morgan fingerprint density at radius 3 is 2.73 bits per heavy atom. The van der Waals surface area contributed by atoms with Gasteiger partial charge < -0.3 is 5.32 Å². The SMILES string of the molecule is CCCNCC(C)CCc1ccncc1. The van der Waals surface area contributed by atoms with Crippen molar-refractivity contribution in [3.8, 4) is 0 Å². The van der Waals surface area contributed by atoms with Crippen molar-refractivity contribution in [2.45, 2.75) is 33.1 Å². The van der Waals surface area contributed by atoms with Crippen molar-refractivity contribution in [3.05, 3.63) is 30.1 Å². The normalized spacial score (nSPS) is 12.7. The van der Waals surface area contributed by atoms with E-state index in [1.807, 2.05) is 12.4 Å². The molecule has 1 atom stereocenters. The Bertz CT molecular complexity index is 246. The summed E-state index contributed by atoms with van der Waals surface area (Å²) < 4.78 is 0. The summed E-state index contributed by atoms with van der Waals surface area (Å²) in [5.41, 5.74) is 1.40. The van der Waals surface area contributed by atoms with E-state index < -0.39 is 0 Å². The molecule has 0 amide bonds. The van der Waals surface area contributed by atoms with Gasteiger partial charge in [0.1, 0.15) is 0 Å². The van der Waals surface area contributed by atoms with E-state index in [1.165, 1.54) is 18.4 Å². The lowest BCUT2D eigenvalue weighted by Gasteiger charge is -2.11. The molecule has 84 valence electrons. The van der Waals surface area contributed by atoms with Crippen molar-refractivity contribution >= 4 is 0 Å². The molecule has 0 saturated carbocycles. The smallest absolute Gasteiger partial charge is 0.0270 e. The van der Waals surface area contributed by atoms with Crippen LogP contribution in [0, 0.1) is 5.92 Å². The molecule has 0 aromatic carbocycles. The maximum Gasteiger partial charge on any atom is 0.0270 e. The quantitative estimate of drug-likeness (QED) is 0.694. The highest BCUT2D eigenvalue weighted by Gasteiger charge is 2.01. The Morgan fingerprint density at radius 1 is 1.33 bits per heavy atom. The Kier molecular flexibility index (Phi) is 6.02. The average molecular weight is 206 g/mol. The van der Waals surface area contributed by atoms with Crippen LogP contribution in [0.2, 0.25) is 0 Å². The molecule has 1 heterocycles. The highest BCUT2D eigenvalue weighted by atomic mass is 14.8. The topological polar surface area (TPSA) is 24.9 Å². The lowest BCUT2D eigenvalue weighted by atomic mass is 10.0. The summed E-state index contributed by atoms with van der Waals surface area (Å²) in [6, 6.07) is 4.21. The zero-order chi connectivity index (χ0) is 10.9. The third-order valence-corrected chi connectivity index (χ3v) is 2.59. The molecular weight excluding hydrogens is 184 g/mol. The Labute approximate surface area is 93.1 Å². The molecule has 0 bridgehead atoms. The first-order valence-electron chi connectivity index (χ1n) is 5.92. The maximum absolute atomic E-state index is 4.02. The van der Waals surface area contributed by atoms with Gasteiger partial charge in [-0.05, 0) is 56.0 Å². The van der Waals surface area contributed by atoms with Crippen LogP contribution in [0.3, 0.4) is 0 Å². The summed E-state index contributed by atoms with van der Waals surface area (Å²) in [6.45, 7) is 6.79. The van der Waals surface area contributed by atoms with Crippen LogP contribution in [-0.4, -0.2) is 18.1 Å². The minimum absolute atomic E-state index is 0.754. The van der Waals surface area contributed by atoms with E-state index in [0.717, 1.165) is 25.4 Å². The van der Waals surface area contributed by atoms with E-state index in [0.29, 0.717) is 0 Å². The van der Waals surface area contributed by atoms with Crippen LogP contribution in [0.4, 0.5) is 0 Å². The molecule has 2 heteroatoms. The van der Waals surface area contributed by atoms with Crippen LogP contribution < -0.4 is 5.32 Å². The van der Waals surface area contributed by atoms with Crippen molar-refractivity contribution in [3.63, 3.8) is 0 Å². The number of hydrogen-bond donors (Lipinski definition) is 1. The van der Waals surface area contributed by atoms with Gasteiger partial charge in [-0.2, -0.15) is 0 Å². The van der Waals surface area contributed by atoms with Crippen LogP contribution in [-0.2, 0) is 6.42 Å². The van der Waals surface area contributed by atoms with Gasteiger partial charge in [-0.15, -0.1) is 0 Å². The molecule has 0 aliphatic carbocycles. The van der Waals surface area contributed by atoms with E-state index in [1.54, 1.807) is 0 Å². The van der Waals surface area contributed by atoms with Crippen molar-refractivity contribution in [1.29, 1.82) is 0 Å². The van der Waals surface area contributed by atoms with Crippen LogP contribution in [0.5, 0.6) is 0 Å². The Morgan fingerprint density at radius 2 is 2.07 bits per heavy atom. The van der Waals surface area contributed by atoms with Crippen molar-refractivity contribution < 1.29 is 0 Å². The highest BCUT2D eigenvalue weighted by molar-refractivity contribution is 5.09. The molecule has 2 nitrogen and oxygen atoms in total. The van der Waals surface area contributed by atoms with Crippen LogP contribution >= 0.6 is 0 Å². The van der Waals surface area contributed by atoms with Gasteiger partial charge in [-0.1, -0.05) is 13.8 Å². The zero-order valence-electron chi connectivity index (χ0n) is 9.87. The average Bonchev–Trinajstić information content (AvgIpc) is 2.28. The lowest BCUT2D eigenvalue weighted by molar-refractivity contribution is 0.481. The third kappa shape index (κ3) is 5.53. The van der Waals surface area contributed by atoms with Crippen LogP contribution in [0.25, 0.3) is 0 Å². The first-order chi connectivity index (χ1) is 7.33. The van der Waals surface area contributed by atoms with Gasteiger partial charge in [0, 0.05) is 12.4 Å². The van der Waals surface area contributed by atoms with Crippen molar-refractivity contribution in [2.75, 3.05) is 13.1 Å². The maximum atomic E-state index is 4.02. The second kappa shape index (κ2) is 7.41. The van der Waals surface area contributed by atoms with Gasteiger partial charge in [-0.3, -0.25) is 4.98 Å². The predicted octanol–water partition coefficient (Wildman–Crippen LogP) is 2.65. The second-order valence-corrected chi connectivity index (χ2v) is 4.20. The van der Waals surface area contributed by atoms with E-state index >= 15 is 0 Å². The molecule has 0 fully saturated rings. The molecule has 1 N–H and O–H groups in total. The minimum Gasteiger partial charge on any atom is -0.316 e. The monoisotopic (exact) mass is 206 g/mol. The Hall–Kier alpha value is -0.890. The predicted molar refractivity (Wildman–Crippen MR) is 64.9 cm³/mol. The minimum atomic E-state index is 0.754. The van der Waals surface area contributed by atoms with Gasteiger partial charge >= 0.3 is 0 Å². The van der Waals surface area contributed by atoms with Gasteiger partial charge in [0.25, 0.3) is 0 Å². The number of aromatic nitrogens is 1. The summed E-state index contributed by atoms with van der Waals surface area (Å²) in [6.07, 6.45) is 7.37. The first-order valence-corrected chi connectivity index (χ1v) is 5.92. The number of pyridine rings is 1. The van der Waals surface area contributed by atoms with E-state index in [-0.39, 0.29) is 0 Å². The molecule has 0 aliphatic rings. The zero-order valence-corrected chi connectivity index (χ0v) is 9.87. The fourth-order valence-corrected chi connectivity index (χ4v) is 1.59. The van der Waals surface area contributed by atoms with Gasteiger partial charge in [-0.25, -0.2) is 0 Å². The largest absolute Gasteiger partial charge is 0.316 e. The van der Waals surface area contributed by atoms with E-state index in [4.69, 9.17) is 0 Å². The lowest BCUT2D eigenvalue weighted by Crippen LogP contribution is -2.22. The van der Waals surface area contributed by atoms with E-state index in [9.17, 15) is 0 Å². The fraction of sp³-hybridized carbons (Fsp3) is 0.615. The molecule has 0 spiro atoms. The van der Waals surface area contributed by atoms with Crippen molar-refractivity contribution in [1.82, 2.24) is 10.3 Å². The van der Waals surface area contributed by atoms with Gasteiger partial charge in [0.15, 0.2) is 0 Å². The molecule has 15 heavy (non-hydrogen) atoms. The number of nitrogens with one attached hydrogen (secondary N) is 1. The summed E-state index contributed by atoms with van der Waals surface area (Å²) in [5, 5.41) is 3.46. The van der Waals surface area contributed by atoms with Crippen LogP contribution in [0.1, 0.15) is 32.3 Å². The Balaban J connectivity index is 2.14. The van der Waals surface area contributed by atoms with E-state index in [2.05, 4.69) is 36.3 Å².